The molecule has 150 valence electrons. The van der Waals surface area contributed by atoms with Crippen LogP contribution in [0.5, 0.6) is 5.75 Å². The van der Waals surface area contributed by atoms with Gasteiger partial charge in [0.2, 0.25) is 11.8 Å². The molecule has 28 heavy (non-hydrogen) atoms. The Morgan fingerprint density at radius 3 is 2.46 bits per heavy atom. The van der Waals surface area contributed by atoms with Crippen LogP contribution in [0.25, 0.3) is 0 Å². The molecule has 0 radical (unpaired) electrons. The Hall–Kier alpha value is -2.43. The molecular formula is C23H29NO4. The Kier molecular flexibility index (Phi) is 5.46. The maximum absolute atomic E-state index is 13.3. The SMILES string of the molecule is COc1ccc(N2C(=O)C[C@H]([C@H](C)C3=CC(=O)CCC3)C2=O)c(C(C)(C)C)c1. The lowest BCUT2D eigenvalue weighted by Gasteiger charge is -2.28. The molecular weight excluding hydrogens is 354 g/mol. The van der Waals surface area contributed by atoms with Crippen molar-refractivity contribution >= 4 is 23.3 Å². The minimum Gasteiger partial charge on any atom is -0.497 e. The van der Waals surface area contributed by atoms with E-state index in [0.29, 0.717) is 17.9 Å². The van der Waals surface area contributed by atoms with Crippen molar-refractivity contribution in [2.45, 2.75) is 58.8 Å². The molecule has 1 aliphatic heterocycles. The van der Waals surface area contributed by atoms with Crippen molar-refractivity contribution in [2.75, 3.05) is 12.0 Å². The molecule has 1 saturated heterocycles. The molecule has 2 atom stereocenters. The van der Waals surface area contributed by atoms with Crippen LogP contribution < -0.4 is 9.64 Å². The number of hydrogen-bond acceptors (Lipinski definition) is 4. The molecule has 5 nitrogen and oxygen atoms in total. The highest BCUT2D eigenvalue weighted by Crippen LogP contribution is 2.41. The molecule has 0 bridgehead atoms. The molecule has 1 aromatic carbocycles. The summed E-state index contributed by atoms with van der Waals surface area (Å²) in [7, 11) is 1.60. The molecule has 0 aromatic heterocycles. The van der Waals surface area contributed by atoms with Crippen LogP contribution in [0.2, 0.25) is 0 Å². The lowest BCUT2D eigenvalue weighted by atomic mass is 9.81. The molecule has 2 aliphatic rings. The second-order valence-electron chi connectivity index (χ2n) is 8.84. The van der Waals surface area contributed by atoms with Crippen LogP contribution in [0, 0.1) is 11.8 Å². The number of anilines is 1. The van der Waals surface area contributed by atoms with E-state index in [9.17, 15) is 14.4 Å². The zero-order valence-corrected chi connectivity index (χ0v) is 17.4. The van der Waals surface area contributed by atoms with Crippen LogP contribution in [-0.4, -0.2) is 24.7 Å². The van der Waals surface area contributed by atoms with Crippen molar-refractivity contribution in [3.05, 3.63) is 35.4 Å². The largest absolute Gasteiger partial charge is 0.497 e. The zero-order chi connectivity index (χ0) is 20.6. The molecule has 0 spiro atoms. The van der Waals surface area contributed by atoms with Gasteiger partial charge in [0, 0.05) is 12.8 Å². The minimum atomic E-state index is -0.417. The summed E-state index contributed by atoms with van der Waals surface area (Å²) in [6.07, 6.45) is 4.07. The molecule has 5 heteroatoms. The monoisotopic (exact) mass is 383 g/mol. The van der Waals surface area contributed by atoms with Gasteiger partial charge in [-0.25, -0.2) is 4.90 Å². The van der Waals surface area contributed by atoms with E-state index in [1.807, 2.05) is 13.0 Å². The first-order chi connectivity index (χ1) is 13.1. The van der Waals surface area contributed by atoms with Gasteiger partial charge in [0.15, 0.2) is 5.78 Å². The molecule has 0 N–H and O–H groups in total. The number of amides is 2. The summed E-state index contributed by atoms with van der Waals surface area (Å²) >= 11 is 0. The van der Waals surface area contributed by atoms with E-state index in [1.165, 1.54) is 4.90 Å². The number of ketones is 1. The predicted octanol–water partition coefficient (Wildman–Crippen LogP) is 4.19. The fourth-order valence-corrected chi connectivity index (χ4v) is 4.17. The zero-order valence-electron chi connectivity index (χ0n) is 17.4. The van der Waals surface area contributed by atoms with E-state index in [2.05, 4.69) is 20.8 Å². The third-order valence-electron chi connectivity index (χ3n) is 5.86. The fraction of sp³-hybridized carbons (Fsp3) is 0.522. The highest BCUT2D eigenvalue weighted by molar-refractivity contribution is 6.21. The average Bonchev–Trinajstić information content (AvgIpc) is 2.94. The highest BCUT2D eigenvalue weighted by Gasteiger charge is 2.44. The van der Waals surface area contributed by atoms with E-state index >= 15 is 0 Å². The quantitative estimate of drug-likeness (QED) is 0.732. The maximum Gasteiger partial charge on any atom is 0.237 e. The average molecular weight is 383 g/mol. The number of ether oxygens (including phenoxy) is 1. The molecule has 2 amide bonds. The Balaban J connectivity index is 1.96. The predicted molar refractivity (Wildman–Crippen MR) is 108 cm³/mol. The van der Waals surface area contributed by atoms with Crippen LogP contribution in [0.1, 0.15) is 58.9 Å². The molecule has 0 saturated carbocycles. The smallest absolute Gasteiger partial charge is 0.237 e. The number of allylic oxidation sites excluding steroid dienone is 2. The van der Waals surface area contributed by atoms with Gasteiger partial charge in [0.05, 0.1) is 18.7 Å². The van der Waals surface area contributed by atoms with Gasteiger partial charge in [0.1, 0.15) is 5.75 Å². The minimum absolute atomic E-state index is 0.109. The summed E-state index contributed by atoms with van der Waals surface area (Å²) in [6, 6.07) is 5.48. The molecule has 0 unspecified atom stereocenters. The van der Waals surface area contributed by atoms with Gasteiger partial charge < -0.3 is 4.74 Å². The van der Waals surface area contributed by atoms with Crippen molar-refractivity contribution in [3.8, 4) is 5.75 Å². The third-order valence-corrected chi connectivity index (χ3v) is 5.86. The maximum atomic E-state index is 13.3. The molecule has 1 fully saturated rings. The summed E-state index contributed by atoms with van der Waals surface area (Å²) < 4.78 is 5.34. The molecule has 1 aromatic rings. The Labute approximate surface area is 166 Å². The van der Waals surface area contributed by atoms with Crippen molar-refractivity contribution in [1.82, 2.24) is 0 Å². The van der Waals surface area contributed by atoms with E-state index < -0.39 is 5.92 Å². The first-order valence-corrected chi connectivity index (χ1v) is 9.92. The highest BCUT2D eigenvalue weighted by atomic mass is 16.5. The van der Waals surface area contributed by atoms with E-state index in [1.54, 1.807) is 25.3 Å². The summed E-state index contributed by atoms with van der Waals surface area (Å²) in [6.45, 7) is 8.11. The number of benzene rings is 1. The van der Waals surface area contributed by atoms with Crippen LogP contribution in [-0.2, 0) is 19.8 Å². The van der Waals surface area contributed by atoms with Crippen molar-refractivity contribution in [2.24, 2.45) is 11.8 Å². The number of methoxy groups -OCH3 is 1. The van der Waals surface area contributed by atoms with Gasteiger partial charge in [-0.2, -0.15) is 0 Å². The van der Waals surface area contributed by atoms with Crippen molar-refractivity contribution in [1.29, 1.82) is 0 Å². The van der Waals surface area contributed by atoms with Crippen LogP contribution in [0.4, 0.5) is 5.69 Å². The van der Waals surface area contributed by atoms with E-state index in [-0.39, 0.29) is 35.4 Å². The number of nitrogens with zero attached hydrogens (tertiary/aromatic N) is 1. The lowest BCUT2D eigenvalue weighted by molar-refractivity contribution is -0.123. The number of imide groups is 1. The second kappa shape index (κ2) is 7.53. The Bertz CT molecular complexity index is 847. The molecule has 3 rings (SSSR count). The van der Waals surface area contributed by atoms with Gasteiger partial charge in [-0.15, -0.1) is 0 Å². The summed E-state index contributed by atoms with van der Waals surface area (Å²) in [5.41, 5.74) is 2.27. The lowest BCUT2D eigenvalue weighted by Crippen LogP contribution is -2.34. The summed E-state index contributed by atoms with van der Waals surface area (Å²) in [5.74, 6) is -0.0654. The van der Waals surface area contributed by atoms with Crippen LogP contribution in [0.3, 0.4) is 0 Å². The second-order valence-corrected chi connectivity index (χ2v) is 8.84. The van der Waals surface area contributed by atoms with Gasteiger partial charge in [-0.3, -0.25) is 14.4 Å². The van der Waals surface area contributed by atoms with E-state index in [4.69, 9.17) is 4.74 Å². The normalized spacial score (nSPS) is 21.8. The van der Waals surface area contributed by atoms with Gasteiger partial charge in [-0.05, 0) is 54.0 Å². The van der Waals surface area contributed by atoms with Crippen LogP contribution >= 0.6 is 0 Å². The van der Waals surface area contributed by atoms with Gasteiger partial charge >= 0.3 is 0 Å². The Morgan fingerprint density at radius 2 is 1.86 bits per heavy atom. The van der Waals surface area contributed by atoms with Gasteiger partial charge in [-0.1, -0.05) is 33.3 Å². The molecule has 1 aliphatic carbocycles. The van der Waals surface area contributed by atoms with Crippen molar-refractivity contribution in [3.63, 3.8) is 0 Å². The first-order valence-electron chi connectivity index (χ1n) is 9.92. The summed E-state index contributed by atoms with van der Waals surface area (Å²) in [5, 5.41) is 0. The topological polar surface area (TPSA) is 63.7 Å². The van der Waals surface area contributed by atoms with Gasteiger partial charge in [0.25, 0.3) is 0 Å². The fourth-order valence-electron chi connectivity index (χ4n) is 4.17. The standard InChI is InChI=1S/C23H29NO4/c1-14(15-7-6-8-16(25)11-15)18-13-21(26)24(22(18)27)20-10-9-17(28-5)12-19(20)23(2,3)4/h9-12,14,18H,6-8,13H2,1-5H3/t14-,18-/m1/s1. The Morgan fingerprint density at radius 1 is 1.14 bits per heavy atom. The molecule has 1 heterocycles. The van der Waals surface area contributed by atoms with Crippen LogP contribution in [0.15, 0.2) is 29.8 Å². The first kappa shape index (κ1) is 20.3. The number of carbonyl (C=O) groups excluding carboxylic acids is 3. The van der Waals surface area contributed by atoms with E-state index in [0.717, 1.165) is 24.0 Å². The third kappa shape index (κ3) is 3.75. The summed E-state index contributed by atoms with van der Waals surface area (Å²) in [4.78, 5) is 39.3. The van der Waals surface area contributed by atoms with Crippen molar-refractivity contribution < 1.29 is 19.1 Å². The number of rotatable bonds is 4. The number of carbonyl (C=O) groups is 3. The number of hydrogen-bond donors (Lipinski definition) is 0.